The predicted octanol–water partition coefficient (Wildman–Crippen LogP) is 0.921. The molecule has 0 amide bonds. The molecule has 7 N–H and O–H groups in total. The molecule has 1 saturated heterocycles. The lowest BCUT2D eigenvalue weighted by Gasteiger charge is -2.27. The summed E-state index contributed by atoms with van der Waals surface area (Å²) in [6, 6.07) is 9.10. The number of anilines is 1. The molecule has 0 saturated carbocycles. The number of carbonyl (C=O) groups excluding carboxylic acids is 1. The molecule has 0 spiro atoms. The summed E-state index contributed by atoms with van der Waals surface area (Å²) in [7, 11) is -4.04. The molecule has 3 heterocycles. The van der Waals surface area contributed by atoms with Crippen molar-refractivity contribution in [1.82, 2.24) is 24.6 Å². The van der Waals surface area contributed by atoms with Crippen molar-refractivity contribution < 1.29 is 38.5 Å². The molecule has 42 heavy (non-hydrogen) atoms. The van der Waals surface area contributed by atoms with Crippen molar-refractivity contribution in [3.8, 4) is 0 Å². The van der Waals surface area contributed by atoms with Crippen molar-refractivity contribution in [2.24, 2.45) is 5.41 Å². The highest BCUT2D eigenvalue weighted by molar-refractivity contribution is 8.13. The second kappa shape index (κ2) is 12.9. The highest BCUT2D eigenvalue weighted by Gasteiger charge is 2.54. The van der Waals surface area contributed by atoms with Crippen LogP contribution >= 0.6 is 19.5 Å². The van der Waals surface area contributed by atoms with Crippen LogP contribution in [0.15, 0.2) is 41.5 Å². The van der Waals surface area contributed by atoms with Crippen LogP contribution in [0, 0.1) is 5.41 Å². The zero-order chi connectivity index (χ0) is 30.7. The van der Waals surface area contributed by atoms with E-state index in [0.29, 0.717) is 0 Å². The number of aliphatic hydroxyl groups is 3. The van der Waals surface area contributed by atoms with E-state index in [9.17, 15) is 29.5 Å². The lowest BCUT2D eigenvalue weighted by molar-refractivity contribution is -0.119. The average molecular weight is 627 g/mol. The number of hydrogen-bond acceptors (Lipinski definition) is 13. The fraction of sp³-hybridized carbons (Fsp3) is 0.520. The van der Waals surface area contributed by atoms with Crippen molar-refractivity contribution in [3.63, 3.8) is 0 Å². The number of aromatic amines is 1. The molecule has 15 nitrogen and oxygen atoms in total. The van der Waals surface area contributed by atoms with Crippen LogP contribution < -0.4 is 16.4 Å². The number of rotatable bonds is 13. The second-order valence-electron chi connectivity index (χ2n) is 10.6. The number of aliphatic hydroxyl groups excluding tert-OH is 2. The minimum atomic E-state index is -4.04. The van der Waals surface area contributed by atoms with Crippen LogP contribution in [0.4, 0.5) is 5.95 Å². The Morgan fingerprint density at radius 1 is 1.33 bits per heavy atom. The number of hydrogen-bond donors (Lipinski definition) is 6. The van der Waals surface area contributed by atoms with E-state index < -0.39 is 49.4 Å². The summed E-state index contributed by atoms with van der Waals surface area (Å²) in [6.07, 6.45) is -2.74. The van der Waals surface area contributed by atoms with E-state index in [-0.39, 0.29) is 47.7 Å². The first-order chi connectivity index (χ1) is 19.8. The number of imidazole rings is 1. The number of nitrogens with zero attached hydrogens (tertiary/aromatic N) is 3. The summed E-state index contributed by atoms with van der Waals surface area (Å²) in [5.74, 6) is -0.0277. The lowest BCUT2D eigenvalue weighted by atomic mass is 9.95. The Balaban J connectivity index is 1.47. The Labute approximate surface area is 245 Å². The smallest absolute Gasteiger partial charge is 0.395 e. The summed E-state index contributed by atoms with van der Waals surface area (Å²) in [4.78, 5) is 34.9. The van der Waals surface area contributed by atoms with Gasteiger partial charge < -0.3 is 25.8 Å². The maximum atomic E-state index is 13.7. The normalized spacial score (nSPS) is 24.2. The van der Waals surface area contributed by atoms with Crippen LogP contribution in [-0.4, -0.2) is 83.3 Å². The Morgan fingerprint density at radius 2 is 2.05 bits per heavy atom. The van der Waals surface area contributed by atoms with Crippen molar-refractivity contribution in [2.45, 2.75) is 51.4 Å². The maximum absolute atomic E-state index is 13.7. The maximum Gasteiger partial charge on any atom is 0.405 e. The van der Waals surface area contributed by atoms with E-state index in [1.54, 1.807) is 13.8 Å². The van der Waals surface area contributed by atoms with Crippen molar-refractivity contribution in [2.75, 3.05) is 31.3 Å². The van der Waals surface area contributed by atoms with Crippen LogP contribution in [0.3, 0.4) is 0 Å². The third-order valence-electron chi connectivity index (χ3n) is 6.79. The zero-order valence-corrected chi connectivity index (χ0v) is 25.0. The highest BCUT2D eigenvalue weighted by Crippen LogP contribution is 2.47. The number of nitrogens with two attached hydrogens (primary N) is 1. The molecule has 4 rings (SSSR count). The Kier molecular flexibility index (Phi) is 9.92. The molecule has 2 aromatic heterocycles. The standard InChI is InChI=1S/C25H35N6O9PS/c1-24(2,13-32)22(35)42-10-9-38-41(37,28-11-15-7-5-4-6-8-15)39-12-16-25(3,36)18(33)21(40-16)31-14-27-17-19(31)29-23(26)30-20(17)34/h4-8,14,16,18,21,32-33,36H,9-13H2,1-3H3,(H,28,37)(H3,26,29,30,34)/t16-,18-,21-,25?,41?/m1/s1. The number of fused-ring (bicyclic) bond motifs is 1. The van der Waals surface area contributed by atoms with Crippen LogP contribution in [0.5, 0.6) is 0 Å². The number of carbonyl (C=O) groups is 1. The first-order valence-electron chi connectivity index (χ1n) is 13.0. The topological polar surface area (TPSA) is 224 Å². The van der Waals surface area contributed by atoms with Gasteiger partial charge in [0.2, 0.25) is 5.95 Å². The Hall–Kier alpha value is -2.66. The highest BCUT2D eigenvalue weighted by atomic mass is 32.2. The van der Waals surface area contributed by atoms with E-state index in [2.05, 4.69) is 20.0 Å². The monoisotopic (exact) mass is 626 g/mol. The molecule has 0 radical (unpaired) electrons. The van der Waals surface area contributed by atoms with Crippen LogP contribution in [-0.2, 0) is 29.7 Å². The second-order valence-corrected chi connectivity index (χ2v) is 13.5. The molecule has 5 atom stereocenters. The molecule has 17 heteroatoms. The number of aromatic nitrogens is 4. The van der Waals surface area contributed by atoms with Gasteiger partial charge in [-0.25, -0.2) is 14.6 Å². The summed E-state index contributed by atoms with van der Waals surface area (Å²) >= 11 is 0.934. The first-order valence-corrected chi connectivity index (χ1v) is 15.5. The zero-order valence-electron chi connectivity index (χ0n) is 23.3. The van der Waals surface area contributed by atoms with Crippen molar-refractivity contribution >= 4 is 41.7 Å². The van der Waals surface area contributed by atoms with E-state index in [4.69, 9.17) is 19.5 Å². The molecule has 0 bridgehead atoms. The summed E-state index contributed by atoms with van der Waals surface area (Å²) in [6.45, 7) is 3.76. The van der Waals surface area contributed by atoms with Gasteiger partial charge in [-0.1, -0.05) is 42.1 Å². The largest absolute Gasteiger partial charge is 0.405 e. The lowest BCUT2D eigenvalue weighted by Crippen LogP contribution is -2.46. The molecule has 0 aliphatic carbocycles. The Bertz CT molecular complexity index is 1500. The van der Waals surface area contributed by atoms with Gasteiger partial charge in [-0.05, 0) is 26.3 Å². The minimum Gasteiger partial charge on any atom is -0.395 e. The van der Waals surface area contributed by atoms with Crippen molar-refractivity contribution in [1.29, 1.82) is 0 Å². The summed E-state index contributed by atoms with van der Waals surface area (Å²) in [5, 5.41) is 34.0. The molecular formula is C25H35N6O9PS. The summed E-state index contributed by atoms with van der Waals surface area (Å²) in [5.41, 5.74) is 3.04. The van der Waals surface area contributed by atoms with E-state index in [1.165, 1.54) is 17.8 Å². The Morgan fingerprint density at radius 3 is 2.74 bits per heavy atom. The fourth-order valence-corrected chi connectivity index (χ4v) is 6.27. The average Bonchev–Trinajstić information content (AvgIpc) is 3.47. The van der Waals surface area contributed by atoms with Crippen molar-refractivity contribution in [3.05, 3.63) is 52.6 Å². The molecule has 1 aliphatic heterocycles. The van der Waals surface area contributed by atoms with Crippen LogP contribution in [0.2, 0.25) is 0 Å². The third-order valence-corrected chi connectivity index (χ3v) is 9.53. The van der Waals surface area contributed by atoms with Gasteiger partial charge >= 0.3 is 7.75 Å². The van der Waals surface area contributed by atoms with Gasteiger partial charge in [0, 0.05) is 12.3 Å². The van der Waals surface area contributed by atoms with Gasteiger partial charge in [0.05, 0.1) is 31.6 Å². The summed E-state index contributed by atoms with van der Waals surface area (Å²) < 4.78 is 32.2. The van der Waals surface area contributed by atoms with E-state index in [1.807, 2.05) is 30.3 Å². The van der Waals surface area contributed by atoms with Gasteiger partial charge in [0.25, 0.3) is 5.56 Å². The number of nitrogens with one attached hydrogen (secondary N) is 2. The van der Waals surface area contributed by atoms with Gasteiger partial charge in [-0.3, -0.25) is 28.2 Å². The third kappa shape index (κ3) is 7.10. The number of thioether (sulfide) groups is 1. The first kappa shape index (κ1) is 32.3. The molecule has 1 aromatic carbocycles. The number of nitrogen functional groups attached to an aromatic ring is 1. The van der Waals surface area contributed by atoms with Gasteiger partial charge in [0.1, 0.15) is 17.8 Å². The van der Waals surface area contributed by atoms with Crippen LogP contribution in [0.25, 0.3) is 11.2 Å². The quantitative estimate of drug-likeness (QED) is 0.115. The van der Waals surface area contributed by atoms with Crippen LogP contribution in [0.1, 0.15) is 32.6 Å². The molecule has 3 aromatic rings. The molecule has 1 fully saturated rings. The predicted molar refractivity (Wildman–Crippen MR) is 154 cm³/mol. The molecule has 2 unspecified atom stereocenters. The number of ether oxygens (including phenoxy) is 1. The number of benzene rings is 1. The van der Waals surface area contributed by atoms with E-state index >= 15 is 0 Å². The van der Waals surface area contributed by atoms with E-state index in [0.717, 1.165) is 17.3 Å². The number of H-pyrrole nitrogens is 1. The minimum absolute atomic E-state index is 0.0348. The van der Waals surface area contributed by atoms with Gasteiger partial charge in [-0.2, -0.15) is 4.98 Å². The van der Waals surface area contributed by atoms with Gasteiger partial charge in [-0.15, -0.1) is 0 Å². The molecular weight excluding hydrogens is 591 g/mol. The molecule has 230 valence electrons. The van der Waals surface area contributed by atoms with Gasteiger partial charge in [0.15, 0.2) is 22.5 Å². The molecule has 1 aliphatic rings. The fourth-order valence-electron chi connectivity index (χ4n) is 4.04. The SMILES string of the molecule is CC(C)(CO)C(=O)SCCOP(=O)(NCc1ccccc1)OC[C@H]1O[C@@H](n2cnc3c(=O)[nH]c(N)nc32)[C@@H](O)C1(C)O.